The molecule has 0 saturated carbocycles. The molecule has 17 heavy (non-hydrogen) atoms. The molecule has 1 N–H and O–H groups in total. The Labute approximate surface area is 102 Å². The Hall–Kier alpha value is -1.96. The molecular formula is C15H17NO. The quantitative estimate of drug-likeness (QED) is 0.847. The molecule has 0 amide bonds. The van der Waals surface area contributed by atoms with Crippen LogP contribution in [0.25, 0.3) is 0 Å². The van der Waals surface area contributed by atoms with E-state index in [9.17, 15) is 0 Å². The summed E-state index contributed by atoms with van der Waals surface area (Å²) >= 11 is 0. The third-order valence-electron chi connectivity index (χ3n) is 2.54. The third-order valence-corrected chi connectivity index (χ3v) is 2.54. The molecule has 2 rings (SSSR count). The lowest BCUT2D eigenvalue weighted by Gasteiger charge is -2.10. The first-order valence-corrected chi connectivity index (χ1v) is 5.85. The molecule has 88 valence electrons. The highest BCUT2D eigenvalue weighted by molar-refractivity contribution is 5.61. The summed E-state index contributed by atoms with van der Waals surface area (Å²) < 4.78 is 5.51. The Morgan fingerprint density at radius 3 is 2.41 bits per heavy atom. The first-order chi connectivity index (χ1) is 8.29. The number of benzene rings is 2. The zero-order chi connectivity index (χ0) is 12.1. The van der Waals surface area contributed by atoms with Crippen LogP contribution in [-0.4, -0.2) is 6.61 Å². The van der Waals surface area contributed by atoms with Crippen LogP contribution in [-0.2, 0) is 0 Å². The monoisotopic (exact) mass is 227 g/mol. The normalized spacial score (nSPS) is 10.0. The van der Waals surface area contributed by atoms with E-state index >= 15 is 0 Å². The fraction of sp³-hybridized carbons (Fsp3) is 0.200. The Morgan fingerprint density at radius 2 is 1.76 bits per heavy atom. The van der Waals surface area contributed by atoms with Crippen LogP contribution < -0.4 is 10.1 Å². The van der Waals surface area contributed by atoms with Crippen LogP contribution >= 0.6 is 0 Å². The zero-order valence-electron chi connectivity index (χ0n) is 10.2. The Balaban J connectivity index is 2.15. The minimum Gasteiger partial charge on any atom is -0.494 e. The van der Waals surface area contributed by atoms with E-state index in [1.807, 2.05) is 49.4 Å². The topological polar surface area (TPSA) is 21.3 Å². The molecule has 2 aromatic rings. The predicted octanol–water partition coefficient (Wildman–Crippen LogP) is 4.14. The van der Waals surface area contributed by atoms with Crippen LogP contribution in [0.5, 0.6) is 5.75 Å². The second kappa shape index (κ2) is 5.39. The van der Waals surface area contributed by atoms with Gasteiger partial charge in [-0.1, -0.05) is 18.2 Å². The van der Waals surface area contributed by atoms with Crippen molar-refractivity contribution in [1.82, 2.24) is 0 Å². The van der Waals surface area contributed by atoms with Gasteiger partial charge in [-0.25, -0.2) is 0 Å². The average Bonchev–Trinajstić information content (AvgIpc) is 2.34. The maximum Gasteiger partial charge on any atom is 0.122 e. The van der Waals surface area contributed by atoms with Crippen molar-refractivity contribution in [2.24, 2.45) is 0 Å². The van der Waals surface area contributed by atoms with Gasteiger partial charge in [0.25, 0.3) is 0 Å². The summed E-state index contributed by atoms with van der Waals surface area (Å²) in [5.41, 5.74) is 3.32. The molecule has 0 aliphatic carbocycles. The third kappa shape index (κ3) is 3.00. The summed E-state index contributed by atoms with van der Waals surface area (Å²) in [6.45, 7) is 4.75. The number of aryl methyl sites for hydroxylation is 1. The van der Waals surface area contributed by atoms with Gasteiger partial charge in [0, 0.05) is 11.4 Å². The van der Waals surface area contributed by atoms with E-state index in [2.05, 4.69) is 18.3 Å². The zero-order valence-corrected chi connectivity index (χ0v) is 10.2. The molecule has 0 atom stereocenters. The highest BCUT2D eigenvalue weighted by Crippen LogP contribution is 2.24. The molecule has 2 nitrogen and oxygen atoms in total. The Kier molecular flexibility index (Phi) is 3.66. The lowest BCUT2D eigenvalue weighted by atomic mass is 10.2. The maximum atomic E-state index is 5.51. The smallest absolute Gasteiger partial charge is 0.122 e. The van der Waals surface area contributed by atoms with Crippen molar-refractivity contribution in [3.05, 3.63) is 54.1 Å². The van der Waals surface area contributed by atoms with Gasteiger partial charge >= 0.3 is 0 Å². The Morgan fingerprint density at radius 1 is 1.00 bits per heavy atom. The summed E-state index contributed by atoms with van der Waals surface area (Å²) in [5, 5.41) is 3.36. The molecule has 0 fully saturated rings. The number of rotatable bonds is 4. The molecule has 0 aliphatic heterocycles. The molecule has 0 unspecified atom stereocenters. The summed E-state index contributed by atoms with van der Waals surface area (Å²) in [5.74, 6) is 0.950. The van der Waals surface area contributed by atoms with Crippen LogP contribution in [0.1, 0.15) is 12.5 Å². The van der Waals surface area contributed by atoms with Gasteiger partial charge in [0.2, 0.25) is 0 Å². The van der Waals surface area contributed by atoms with Crippen molar-refractivity contribution in [2.45, 2.75) is 13.8 Å². The van der Waals surface area contributed by atoms with Crippen molar-refractivity contribution in [3.63, 3.8) is 0 Å². The summed E-state index contributed by atoms with van der Waals surface area (Å²) in [7, 11) is 0. The van der Waals surface area contributed by atoms with Crippen molar-refractivity contribution < 1.29 is 4.74 Å². The van der Waals surface area contributed by atoms with E-state index < -0.39 is 0 Å². The molecule has 2 heteroatoms. The molecule has 0 bridgehead atoms. The number of nitrogens with one attached hydrogen (secondary N) is 1. The van der Waals surface area contributed by atoms with Crippen LogP contribution in [0.15, 0.2) is 48.5 Å². The van der Waals surface area contributed by atoms with Gasteiger partial charge in [0.15, 0.2) is 0 Å². The first-order valence-electron chi connectivity index (χ1n) is 5.85. The fourth-order valence-electron chi connectivity index (χ4n) is 1.73. The molecule has 2 aromatic carbocycles. The van der Waals surface area contributed by atoms with Gasteiger partial charge in [-0.3, -0.25) is 0 Å². The Bertz CT molecular complexity index is 480. The van der Waals surface area contributed by atoms with Crippen molar-refractivity contribution in [1.29, 1.82) is 0 Å². The predicted molar refractivity (Wildman–Crippen MR) is 72.1 cm³/mol. The van der Waals surface area contributed by atoms with Crippen molar-refractivity contribution in [2.75, 3.05) is 11.9 Å². The number of anilines is 2. The van der Waals surface area contributed by atoms with E-state index in [-0.39, 0.29) is 0 Å². The van der Waals surface area contributed by atoms with Gasteiger partial charge in [0.05, 0.1) is 6.61 Å². The molecule has 0 aromatic heterocycles. The van der Waals surface area contributed by atoms with Gasteiger partial charge in [-0.15, -0.1) is 0 Å². The van der Waals surface area contributed by atoms with Gasteiger partial charge in [-0.2, -0.15) is 0 Å². The molecule has 0 saturated heterocycles. The van der Waals surface area contributed by atoms with E-state index in [0.717, 1.165) is 22.7 Å². The average molecular weight is 227 g/mol. The lowest BCUT2D eigenvalue weighted by molar-refractivity contribution is 0.338. The first kappa shape index (κ1) is 11.5. The van der Waals surface area contributed by atoms with Crippen LogP contribution in [0, 0.1) is 6.92 Å². The molecule has 0 heterocycles. The SMILES string of the molecule is CCOc1ccc(Nc2ccccc2)cc1C. The number of para-hydroxylation sites is 1. The number of hydrogen-bond donors (Lipinski definition) is 1. The van der Waals surface area contributed by atoms with Crippen LogP contribution in [0.2, 0.25) is 0 Å². The number of hydrogen-bond acceptors (Lipinski definition) is 2. The molecule has 0 radical (unpaired) electrons. The van der Waals surface area contributed by atoms with Gasteiger partial charge in [-0.05, 0) is 49.7 Å². The molecular weight excluding hydrogens is 210 g/mol. The van der Waals surface area contributed by atoms with Gasteiger partial charge < -0.3 is 10.1 Å². The number of ether oxygens (including phenoxy) is 1. The highest BCUT2D eigenvalue weighted by Gasteiger charge is 2.00. The second-order valence-corrected chi connectivity index (χ2v) is 3.90. The van der Waals surface area contributed by atoms with E-state index in [0.29, 0.717) is 6.61 Å². The van der Waals surface area contributed by atoms with E-state index in [1.54, 1.807) is 0 Å². The van der Waals surface area contributed by atoms with Crippen molar-refractivity contribution in [3.8, 4) is 5.75 Å². The summed E-state index contributed by atoms with van der Waals surface area (Å²) in [6.07, 6.45) is 0. The van der Waals surface area contributed by atoms with E-state index in [4.69, 9.17) is 4.74 Å². The van der Waals surface area contributed by atoms with Crippen LogP contribution in [0.3, 0.4) is 0 Å². The van der Waals surface area contributed by atoms with Crippen molar-refractivity contribution >= 4 is 11.4 Å². The fourth-order valence-corrected chi connectivity index (χ4v) is 1.73. The van der Waals surface area contributed by atoms with Gasteiger partial charge in [0.1, 0.15) is 5.75 Å². The maximum absolute atomic E-state index is 5.51. The lowest BCUT2D eigenvalue weighted by Crippen LogP contribution is -1.95. The van der Waals surface area contributed by atoms with Crippen LogP contribution in [0.4, 0.5) is 11.4 Å². The largest absolute Gasteiger partial charge is 0.494 e. The molecule has 0 aliphatic rings. The summed E-state index contributed by atoms with van der Waals surface area (Å²) in [6, 6.07) is 16.3. The van der Waals surface area contributed by atoms with E-state index in [1.165, 1.54) is 0 Å². The standard InChI is InChI=1S/C15H17NO/c1-3-17-15-10-9-14(11-12(15)2)16-13-7-5-4-6-8-13/h4-11,16H,3H2,1-2H3. The molecule has 0 spiro atoms. The summed E-state index contributed by atoms with van der Waals surface area (Å²) in [4.78, 5) is 0. The minimum absolute atomic E-state index is 0.701. The highest BCUT2D eigenvalue weighted by atomic mass is 16.5. The second-order valence-electron chi connectivity index (χ2n) is 3.90. The minimum atomic E-state index is 0.701.